The Hall–Kier alpha value is -2.27. The molecule has 0 spiro atoms. The van der Waals surface area contributed by atoms with Crippen LogP contribution in [0.2, 0.25) is 0 Å². The summed E-state index contributed by atoms with van der Waals surface area (Å²) in [6.07, 6.45) is 7.01. The van der Waals surface area contributed by atoms with E-state index >= 15 is 0 Å². The van der Waals surface area contributed by atoms with Crippen molar-refractivity contribution < 1.29 is 4.79 Å². The fourth-order valence-electron chi connectivity index (χ4n) is 3.92. The highest BCUT2D eigenvalue weighted by Crippen LogP contribution is 2.23. The molecule has 4 nitrogen and oxygen atoms in total. The number of nitrogens with zero attached hydrogens (tertiary/aromatic N) is 2. The number of aryl methyl sites for hydroxylation is 1. The van der Waals surface area contributed by atoms with Gasteiger partial charge in [0.05, 0.1) is 11.0 Å². The second kappa shape index (κ2) is 8.82. The molecule has 1 fully saturated rings. The first kappa shape index (κ1) is 19.1. The second-order valence-electron chi connectivity index (χ2n) is 7.56. The highest BCUT2D eigenvalue weighted by molar-refractivity contribution is 7.99. The van der Waals surface area contributed by atoms with Crippen LogP contribution in [0.4, 0.5) is 0 Å². The zero-order chi connectivity index (χ0) is 19.3. The number of para-hydroxylation sites is 2. The molecule has 1 aliphatic carbocycles. The summed E-state index contributed by atoms with van der Waals surface area (Å²) in [6.45, 7) is 0. The number of imidazole rings is 1. The standard InChI is InChI=1S/C23H27N3OS/c1-26(19-7-3-2-4-8-19)22(27)18-13-11-17(12-14-18)15-16-28-23-24-20-9-5-6-10-21(20)25-23/h5-6,9-14,19H,2-4,7-8,15-16H2,1H3,(H,24,25). The number of fused-ring (bicyclic) bond motifs is 1. The molecule has 0 bridgehead atoms. The van der Waals surface area contributed by atoms with Gasteiger partial charge in [-0.05, 0) is 49.1 Å². The molecule has 146 valence electrons. The third-order valence-electron chi connectivity index (χ3n) is 5.64. The molecule has 3 aromatic rings. The van der Waals surface area contributed by atoms with Crippen molar-refractivity contribution in [1.29, 1.82) is 0 Å². The molecule has 4 rings (SSSR count). The predicted octanol–water partition coefficient (Wildman–Crippen LogP) is 5.30. The van der Waals surface area contributed by atoms with Crippen molar-refractivity contribution in [2.24, 2.45) is 0 Å². The number of nitrogens with one attached hydrogen (secondary N) is 1. The summed E-state index contributed by atoms with van der Waals surface area (Å²) in [5.41, 5.74) is 4.13. The lowest BCUT2D eigenvalue weighted by molar-refractivity contribution is 0.0696. The van der Waals surface area contributed by atoms with E-state index in [0.29, 0.717) is 6.04 Å². The average molecular weight is 394 g/mol. The summed E-state index contributed by atoms with van der Waals surface area (Å²) in [7, 11) is 1.95. The Kier molecular flexibility index (Phi) is 6.01. The smallest absolute Gasteiger partial charge is 0.253 e. The largest absolute Gasteiger partial charge is 0.339 e. The maximum atomic E-state index is 12.7. The molecule has 0 saturated heterocycles. The number of aromatic nitrogens is 2. The molecule has 1 aromatic heterocycles. The van der Waals surface area contributed by atoms with Crippen LogP contribution in [0.3, 0.4) is 0 Å². The van der Waals surface area contributed by atoms with Crippen molar-refractivity contribution in [3.05, 3.63) is 59.7 Å². The zero-order valence-electron chi connectivity index (χ0n) is 16.4. The first-order valence-corrected chi connectivity index (χ1v) is 11.1. The maximum Gasteiger partial charge on any atom is 0.253 e. The van der Waals surface area contributed by atoms with Crippen LogP contribution in [0.5, 0.6) is 0 Å². The fraction of sp³-hybridized carbons (Fsp3) is 0.391. The summed E-state index contributed by atoms with van der Waals surface area (Å²) in [5.74, 6) is 1.10. The Labute approximate surface area is 170 Å². The Morgan fingerprint density at radius 1 is 1.11 bits per heavy atom. The normalized spacial score (nSPS) is 15.0. The van der Waals surface area contributed by atoms with Crippen LogP contribution in [0, 0.1) is 0 Å². The van der Waals surface area contributed by atoms with Crippen LogP contribution in [-0.4, -0.2) is 39.6 Å². The molecule has 0 unspecified atom stereocenters. The molecular formula is C23H27N3OS. The Morgan fingerprint density at radius 3 is 2.61 bits per heavy atom. The van der Waals surface area contributed by atoms with E-state index in [2.05, 4.69) is 22.1 Å². The minimum absolute atomic E-state index is 0.148. The van der Waals surface area contributed by atoms with E-state index in [4.69, 9.17) is 0 Å². The first-order valence-electron chi connectivity index (χ1n) is 10.1. The van der Waals surface area contributed by atoms with E-state index in [9.17, 15) is 4.79 Å². The predicted molar refractivity (Wildman–Crippen MR) is 116 cm³/mol. The second-order valence-corrected chi connectivity index (χ2v) is 8.65. The Balaban J connectivity index is 1.30. The molecule has 0 aliphatic heterocycles. The fourth-order valence-corrected chi connectivity index (χ4v) is 4.79. The van der Waals surface area contributed by atoms with E-state index in [1.165, 1.54) is 24.8 Å². The van der Waals surface area contributed by atoms with Crippen molar-refractivity contribution in [2.75, 3.05) is 12.8 Å². The SMILES string of the molecule is CN(C(=O)c1ccc(CCSc2nc3ccccc3[nH]2)cc1)C1CCCCC1. The molecule has 2 aromatic carbocycles. The highest BCUT2D eigenvalue weighted by Gasteiger charge is 2.22. The Morgan fingerprint density at radius 2 is 1.86 bits per heavy atom. The van der Waals surface area contributed by atoms with Gasteiger partial charge in [-0.2, -0.15) is 0 Å². The lowest BCUT2D eigenvalue weighted by Gasteiger charge is -2.31. The number of rotatable bonds is 6. The molecule has 0 atom stereocenters. The molecule has 1 N–H and O–H groups in total. The molecule has 1 heterocycles. The molecule has 5 heteroatoms. The summed E-state index contributed by atoms with van der Waals surface area (Å²) in [4.78, 5) is 22.7. The number of hydrogen-bond donors (Lipinski definition) is 1. The molecule has 1 saturated carbocycles. The van der Waals surface area contributed by atoms with Crippen LogP contribution < -0.4 is 0 Å². The van der Waals surface area contributed by atoms with Crippen molar-refractivity contribution in [1.82, 2.24) is 14.9 Å². The van der Waals surface area contributed by atoms with Gasteiger partial charge in [0.25, 0.3) is 5.91 Å². The highest BCUT2D eigenvalue weighted by atomic mass is 32.2. The minimum Gasteiger partial charge on any atom is -0.339 e. The average Bonchev–Trinajstić information content (AvgIpc) is 3.16. The van der Waals surface area contributed by atoms with Crippen LogP contribution in [0.1, 0.15) is 48.0 Å². The van der Waals surface area contributed by atoms with Gasteiger partial charge in [-0.3, -0.25) is 4.79 Å². The summed E-state index contributed by atoms with van der Waals surface area (Å²) in [6, 6.07) is 16.6. The van der Waals surface area contributed by atoms with Crippen LogP contribution in [-0.2, 0) is 6.42 Å². The van der Waals surface area contributed by atoms with Crippen LogP contribution in [0.25, 0.3) is 11.0 Å². The quantitative estimate of drug-likeness (QED) is 0.578. The van der Waals surface area contributed by atoms with Gasteiger partial charge < -0.3 is 9.88 Å². The van der Waals surface area contributed by atoms with Crippen molar-refractivity contribution in [2.45, 2.75) is 49.7 Å². The zero-order valence-corrected chi connectivity index (χ0v) is 17.2. The molecular weight excluding hydrogens is 366 g/mol. The number of carbonyl (C=O) groups is 1. The van der Waals surface area contributed by atoms with Crippen LogP contribution in [0.15, 0.2) is 53.7 Å². The van der Waals surface area contributed by atoms with E-state index < -0.39 is 0 Å². The number of carbonyl (C=O) groups excluding carboxylic acids is 1. The number of hydrogen-bond acceptors (Lipinski definition) is 3. The maximum absolute atomic E-state index is 12.7. The topological polar surface area (TPSA) is 49.0 Å². The van der Waals surface area contributed by atoms with E-state index in [0.717, 1.165) is 46.8 Å². The van der Waals surface area contributed by atoms with Gasteiger partial charge in [-0.25, -0.2) is 4.98 Å². The molecule has 28 heavy (non-hydrogen) atoms. The number of thioether (sulfide) groups is 1. The third kappa shape index (κ3) is 4.41. The number of amides is 1. The number of H-pyrrole nitrogens is 1. The minimum atomic E-state index is 0.148. The molecule has 1 aliphatic rings. The van der Waals surface area contributed by atoms with Crippen molar-refractivity contribution in [3.8, 4) is 0 Å². The van der Waals surface area contributed by atoms with Crippen molar-refractivity contribution >= 4 is 28.7 Å². The van der Waals surface area contributed by atoms with Gasteiger partial charge in [-0.1, -0.05) is 55.3 Å². The van der Waals surface area contributed by atoms with E-state index in [-0.39, 0.29) is 5.91 Å². The summed E-state index contributed by atoms with van der Waals surface area (Å²) in [5, 5.41) is 0.960. The third-order valence-corrected chi connectivity index (χ3v) is 6.52. The van der Waals surface area contributed by atoms with Gasteiger partial charge in [0.2, 0.25) is 0 Å². The van der Waals surface area contributed by atoms with Crippen LogP contribution >= 0.6 is 11.8 Å². The summed E-state index contributed by atoms with van der Waals surface area (Å²) < 4.78 is 0. The lowest BCUT2D eigenvalue weighted by Crippen LogP contribution is -2.38. The number of benzene rings is 2. The Bertz CT molecular complexity index is 895. The first-order chi connectivity index (χ1) is 13.7. The number of aromatic amines is 1. The molecule has 0 radical (unpaired) electrons. The monoisotopic (exact) mass is 393 g/mol. The van der Waals surface area contributed by atoms with E-state index in [1.807, 2.05) is 48.3 Å². The van der Waals surface area contributed by atoms with Gasteiger partial charge in [0.1, 0.15) is 0 Å². The lowest BCUT2D eigenvalue weighted by atomic mass is 9.94. The summed E-state index contributed by atoms with van der Waals surface area (Å²) >= 11 is 1.73. The molecule has 1 amide bonds. The van der Waals surface area contributed by atoms with Gasteiger partial charge in [0, 0.05) is 24.4 Å². The van der Waals surface area contributed by atoms with Gasteiger partial charge in [-0.15, -0.1) is 0 Å². The van der Waals surface area contributed by atoms with Gasteiger partial charge >= 0.3 is 0 Å². The van der Waals surface area contributed by atoms with Crippen molar-refractivity contribution in [3.63, 3.8) is 0 Å². The van der Waals surface area contributed by atoms with E-state index in [1.54, 1.807) is 11.8 Å². The van der Waals surface area contributed by atoms with Gasteiger partial charge in [0.15, 0.2) is 5.16 Å².